The van der Waals surface area contributed by atoms with Crippen LogP contribution in [0.1, 0.15) is 31.5 Å². The highest BCUT2D eigenvalue weighted by atomic mass is 16.5. The van der Waals surface area contributed by atoms with Gasteiger partial charge in [0.15, 0.2) is 0 Å². The molecule has 0 amide bonds. The molecule has 1 rings (SSSR count). The molecule has 0 aromatic carbocycles. The zero-order valence-corrected chi connectivity index (χ0v) is 9.95. The predicted molar refractivity (Wildman–Crippen MR) is 62.1 cm³/mol. The summed E-state index contributed by atoms with van der Waals surface area (Å²) in [6.07, 6.45) is 0.823. The molecule has 16 heavy (non-hydrogen) atoms. The van der Waals surface area contributed by atoms with Crippen molar-refractivity contribution in [2.75, 3.05) is 6.61 Å². The summed E-state index contributed by atoms with van der Waals surface area (Å²) in [4.78, 5) is 4.19. The Morgan fingerprint density at radius 2 is 2.25 bits per heavy atom. The molecule has 86 valence electrons. The van der Waals surface area contributed by atoms with E-state index in [9.17, 15) is 0 Å². The molecule has 0 spiro atoms. The van der Waals surface area contributed by atoms with Gasteiger partial charge in [-0.05, 0) is 26.3 Å². The topological polar surface area (TPSA) is 71.9 Å². The molecule has 2 N–H and O–H groups in total. The van der Waals surface area contributed by atoms with Crippen LogP contribution in [0.15, 0.2) is 12.1 Å². The Morgan fingerprint density at radius 3 is 2.81 bits per heavy atom. The van der Waals surface area contributed by atoms with E-state index in [0.717, 1.165) is 12.1 Å². The lowest BCUT2D eigenvalue weighted by Gasteiger charge is -2.22. The minimum absolute atomic E-state index is 0.363. The van der Waals surface area contributed by atoms with Crippen LogP contribution >= 0.6 is 0 Å². The lowest BCUT2D eigenvalue weighted by atomic mass is 10.0. The molecule has 4 heteroatoms. The number of nitrogens with two attached hydrogens (primary N) is 1. The van der Waals surface area contributed by atoms with Crippen LogP contribution in [-0.2, 0) is 0 Å². The molecule has 0 aliphatic heterocycles. The molecule has 0 saturated carbocycles. The van der Waals surface area contributed by atoms with Crippen molar-refractivity contribution in [3.05, 3.63) is 23.4 Å². The van der Waals surface area contributed by atoms with E-state index in [4.69, 9.17) is 15.7 Å². The lowest BCUT2D eigenvalue weighted by molar-refractivity contribution is 0.218. The summed E-state index contributed by atoms with van der Waals surface area (Å²) in [5.74, 6) is 0.460. The number of hydrogen-bond acceptors (Lipinski definition) is 4. The van der Waals surface area contributed by atoms with Gasteiger partial charge in [-0.25, -0.2) is 4.98 Å². The average molecular weight is 219 g/mol. The van der Waals surface area contributed by atoms with Crippen LogP contribution in [0.2, 0.25) is 0 Å². The highest BCUT2D eigenvalue weighted by Crippen LogP contribution is 2.14. The van der Waals surface area contributed by atoms with E-state index in [-0.39, 0.29) is 5.54 Å². The molecule has 1 aromatic heterocycles. The number of ether oxygens (including phenoxy) is 1. The van der Waals surface area contributed by atoms with E-state index in [2.05, 4.69) is 11.1 Å². The Hall–Kier alpha value is -1.60. The summed E-state index contributed by atoms with van der Waals surface area (Å²) >= 11 is 0. The van der Waals surface area contributed by atoms with Crippen molar-refractivity contribution in [1.29, 1.82) is 5.26 Å². The van der Waals surface area contributed by atoms with Crippen LogP contribution in [0, 0.1) is 18.3 Å². The summed E-state index contributed by atoms with van der Waals surface area (Å²) in [7, 11) is 0. The first-order chi connectivity index (χ1) is 7.46. The standard InChI is InChI=1S/C12H17N3O/c1-4-12(3,14)8-16-11-6-10(7-13)5-9(2)15-11/h5-6H,4,8,14H2,1-3H3. The van der Waals surface area contributed by atoms with Gasteiger partial charge >= 0.3 is 0 Å². The first-order valence-electron chi connectivity index (χ1n) is 5.27. The molecule has 0 radical (unpaired) electrons. The minimum Gasteiger partial charge on any atom is -0.476 e. The highest BCUT2D eigenvalue weighted by Gasteiger charge is 2.16. The van der Waals surface area contributed by atoms with E-state index >= 15 is 0 Å². The Morgan fingerprint density at radius 1 is 1.56 bits per heavy atom. The van der Waals surface area contributed by atoms with Crippen molar-refractivity contribution >= 4 is 0 Å². The largest absolute Gasteiger partial charge is 0.476 e. The van der Waals surface area contributed by atoms with Crippen LogP contribution in [0.3, 0.4) is 0 Å². The molecular formula is C12H17N3O. The fourth-order valence-corrected chi connectivity index (χ4v) is 1.12. The first-order valence-corrected chi connectivity index (χ1v) is 5.27. The van der Waals surface area contributed by atoms with Gasteiger partial charge in [-0.1, -0.05) is 6.92 Å². The SMILES string of the molecule is CCC(C)(N)COc1cc(C#N)cc(C)n1. The molecular weight excluding hydrogens is 202 g/mol. The third-order valence-electron chi connectivity index (χ3n) is 2.42. The first kappa shape index (κ1) is 12.5. The van der Waals surface area contributed by atoms with Crippen molar-refractivity contribution in [3.63, 3.8) is 0 Å². The monoisotopic (exact) mass is 219 g/mol. The van der Waals surface area contributed by atoms with Crippen molar-refractivity contribution in [1.82, 2.24) is 4.98 Å². The quantitative estimate of drug-likeness (QED) is 0.837. The Balaban J connectivity index is 2.75. The van der Waals surface area contributed by atoms with E-state index in [1.807, 2.05) is 20.8 Å². The van der Waals surface area contributed by atoms with Gasteiger partial charge in [-0.2, -0.15) is 5.26 Å². The summed E-state index contributed by atoms with van der Waals surface area (Å²) in [6, 6.07) is 5.41. The Kier molecular flexibility index (Phi) is 3.86. The van der Waals surface area contributed by atoms with Gasteiger partial charge < -0.3 is 10.5 Å². The van der Waals surface area contributed by atoms with Crippen molar-refractivity contribution in [2.24, 2.45) is 5.73 Å². The third-order valence-corrected chi connectivity index (χ3v) is 2.42. The number of rotatable bonds is 4. The van der Waals surface area contributed by atoms with Crippen LogP contribution in [-0.4, -0.2) is 17.1 Å². The molecule has 1 unspecified atom stereocenters. The predicted octanol–water partition coefficient (Wildman–Crippen LogP) is 1.77. The van der Waals surface area contributed by atoms with Crippen molar-refractivity contribution in [3.8, 4) is 11.9 Å². The summed E-state index contributed by atoms with van der Waals surface area (Å²) in [5, 5.41) is 8.80. The minimum atomic E-state index is -0.363. The van der Waals surface area contributed by atoms with Crippen LogP contribution in [0.5, 0.6) is 5.88 Å². The second-order valence-electron chi connectivity index (χ2n) is 4.24. The maximum atomic E-state index is 8.80. The summed E-state index contributed by atoms with van der Waals surface area (Å²) < 4.78 is 5.50. The maximum Gasteiger partial charge on any atom is 0.214 e. The highest BCUT2D eigenvalue weighted by molar-refractivity contribution is 5.34. The third kappa shape index (κ3) is 3.52. The van der Waals surface area contributed by atoms with Crippen molar-refractivity contribution < 1.29 is 4.74 Å². The van der Waals surface area contributed by atoms with Gasteiger partial charge in [-0.3, -0.25) is 0 Å². The molecule has 1 atom stereocenters. The average Bonchev–Trinajstić information content (AvgIpc) is 2.26. The molecule has 1 aromatic rings. The van der Waals surface area contributed by atoms with E-state index in [1.165, 1.54) is 0 Å². The van der Waals surface area contributed by atoms with Crippen LogP contribution < -0.4 is 10.5 Å². The molecule has 0 fully saturated rings. The maximum absolute atomic E-state index is 8.80. The number of aromatic nitrogens is 1. The number of hydrogen-bond donors (Lipinski definition) is 1. The van der Waals surface area contributed by atoms with E-state index < -0.39 is 0 Å². The van der Waals surface area contributed by atoms with Crippen LogP contribution in [0.25, 0.3) is 0 Å². The van der Waals surface area contributed by atoms with Gasteiger partial charge in [0.25, 0.3) is 0 Å². The summed E-state index contributed by atoms with van der Waals surface area (Å²) in [5.41, 5.74) is 6.91. The number of aryl methyl sites for hydroxylation is 1. The molecule has 4 nitrogen and oxygen atoms in total. The zero-order valence-electron chi connectivity index (χ0n) is 9.95. The van der Waals surface area contributed by atoms with E-state index in [1.54, 1.807) is 12.1 Å². The van der Waals surface area contributed by atoms with Gasteiger partial charge in [0, 0.05) is 17.3 Å². The fourth-order valence-electron chi connectivity index (χ4n) is 1.12. The normalized spacial score (nSPS) is 13.9. The van der Waals surface area contributed by atoms with Gasteiger partial charge in [0.1, 0.15) is 6.61 Å². The van der Waals surface area contributed by atoms with E-state index in [0.29, 0.717) is 18.1 Å². The van der Waals surface area contributed by atoms with Gasteiger partial charge in [-0.15, -0.1) is 0 Å². The molecule has 0 aliphatic rings. The van der Waals surface area contributed by atoms with Crippen LogP contribution in [0.4, 0.5) is 0 Å². The van der Waals surface area contributed by atoms with Crippen molar-refractivity contribution in [2.45, 2.75) is 32.7 Å². The number of nitrogens with zero attached hydrogens (tertiary/aromatic N) is 2. The molecule has 0 saturated heterocycles. The second-order valence-corrected chi connectivity index (χ2v) is 4.24. The fraction of sp³-hybridized carbons (Fsp3) is 0.500. The zero-order chi connectivity index (χ0) is 12.2. The number of pyridine rings is 1. The molecule has 0 bridgehead atoms. The summed E-state index contributed by atoms with van der Waals surface area (Å²) in [6.45, 7) is 6.15. The number of nitriles is 1. The Bertz CT molecular complexity index is 407. The Labute approximate surface area is 96.1 Å². The van der Waals surface area contributed by atoms with Gasteiger partial charge in [0.2, 0.25) is 5.88 Å². The lowest BCUT2D eigenvalue weighted by Crippen LogP contribution is -2.41. The molecule has 1 heterocycles. The second kappa shape index (κ2) is 4.95. The molecule has 0 aliphatic carbocycles. The van der Waals surface area contributed by atoms with Gasteiger partial charge in [0.05, 0.1) is 11.6 Å². The smallest absolute Gasteiger partial charge is 0.214 e.